The summed E-state index contributed by atoms with van der Waals surface area (Å²) in [6.45, 7) is 0.415. The van der Waals surface area contributed by atoms with Gasteiger partial charge in [0.25, 0.3) is 0 Å². The number of benzene rings is 2. The minimum absolute atomic E-state index is 0.303. The molecule has 0 radical (unpaired) electrons. The molecular weight excluding hydrogens is 313 g/mol. The molecule has 0 fully saturated rings. The number of hydrogen-bond acceptors (Lipinski definition) is 3. The third-order valence-electron chi connectivity index (χ3n) is 3.15. The van der Waals surface area contributed by atoms with E-state index in [4.69, 9.17) is 22.2 Å². The van der Waals surface area contributed by atoms with E-state index in [1.807, 2.05) is 24.3 Å². The highest BCUT2D eigenvalue weighted by Crippen LogP contribution is 2.20. The lowest BCUT2D eigenvalue weighted by Crippen LogP contribution is -2.35. The summed E-state index contributed by atoms with van der Waals surface area (Å²) in [5, 5.41) is 12.4. The number of nitriles is 1. The van der Waals surface area contributed by atoms with Gasteiger partial charge in [-0.3, -0.25) is 0 Å². The highest BCUT2D eigenvalue weighted by atomic mass is 32.1. The van der Waals surface area contributed by atoms with E-state index in [0.717, 1.165) is 11.4 Å². The zero-order valence-electron chi connectivity index (χ0n) is 12.6. The fourth-order valence-electron chi connectivity index (χ4n) is 2.02. The van der Waals surface area contributed by atoms with Crippen LogP contribution < -0.4 is 15.0 Å². The molecule has 0 amide bonds. The van der Waals surface area contributed by atoms with E-state index < -0.39 is 0 Å². The van der Waals surface area contributed by atoms with Crippen LogP contribution in [0.5, 0.6) is 5.75 Å². The summed E-state index contributed by atoms with van der Waals surface area (Å²) in [5.41, 5.74) is 1.50. The third kappa shape index (κ3) is 4.66. The molecule has 0 atom stereocenters. The number of anilines is 2. The molecule has 0 saturated heterocycles. The Morgan fingerprint density at radius 2 is 2.04 bits per heavy atom. The second-order valence-corrected chi connectivity index (χ2v) is 5.08. The Morgan fingerprint density at radius 3 is 2.70 bits per heavy atom. The number of hydrogen-bond donors (Lipinski definition) is 1. The van der Waals surface area contributed by atoms with Crippen LogP contribution in [0.25, 0.3) is 0 Å². The Labute approximate surface area is 140 Å². The van der Waals surface area contributed by atoms with Crippen LogP contribution in [-0.2, 0) is 0 Å². The van der Waals surface area contributed by atoms with Crippen molar-refractivity contribution in [2.75, 3.05) is 23.9 Å². The number of nitrogens with one attached hydrogen (secondary N) is 1. The number of thiocarbonyl (C=S) groups is 1. The SMILES string of the molecule is COc1cccc(NC(=S)N(CCC#N)c2ccc(F)cc2)c1. The normalized spacial score (nSPS) is 9.78. The minimum atomic E-state index is -0.319. The predicted octanol–water partition coefficient (Wildman–Crippen LogP) is 3.95. The molecule has 0 bridgehead atoms. The van der Waals surface area contributed by atoms with Crippen LogP contribution in [0.15, 0.2) is 48.5 Å². The molecule has 23 heavy (non-hydrogen) atoms. The first-order chi connectivity index (χ1) is 11.1. The van der Waals surface area contributed by atoms with Crippen molar-refractivity contribution >= 4 is 28.7 Å². The third-order valence-corrected chi connectivity index (χ3v) is 3.47. The van der Waals surface area contributed by atoms with Crippen molar-refractivity contribution in [1.29, 1.82) is 5.26 Å². The summed E-state index contributed by atoms with van der Waals surface area (Å²) in [6.07, 6.45) is 0.303. The molecule has 2 aromatic carbocycles. The molecule has 0 heterocycles. The highest BCUT2D eigenvalue weighted by Gasteiger charge is 2.12. The van der Waals surface area contributed by atoms with Gasteiger partial charge >= 0.3 is 0 Å². The van der Waals surface area contributed by atoms with Gasteiger partial charge in [-0.2, -0.15) is 5.26 Å². The van der Waals surface area contributed by atoms with Crippen molar-refractivity contribution in [2.45, 2.75) is 6.42 Å². The van der Waals surface area contributed by atoms with E-state index in [-0.39, 0.29) is 5.82 Å². The van der Waals surface area contributed by atoms with Gasteiger partial charge in [0.15, 0.2) is 5.11 Å². The standard InChI is InChI=1S/C17H16FN3OS/c1-22-16-5-2-4-14(12-16)20-17(23)21(11-3-10-19)15-8-6-13(18)7-9-15/h2,4-9,12H,3,11H2,1H3,(H,20,23). The van der Waals surface area contributed by atoms with Gasteiger partial charge in [-0.25, -0.2) is 4.39 Å². The van der Waals surface area contributed by atoms with Crippen molar-refractivity contribution in [2.24, 2.45) is 0 Å². The molecule has 0 unspecified atom stereocenters. The molecule has 0 aliphatic carbocycles. The number of ether oxygens (including phenoxy) is 1. The Balaban J connectivity index is 2.19. The van der Waals surface area contributed by atoms with Crippen LogP contribution in [0.1, 0.15) is 6.42 Å². The molecule has 1 N–H and O–H groups in total. The Kier molecular flexibility index (Phi) is 5.89. The first kappa shape index (κ1) is 16.7. The molecule has 0 aliphatic rings. The average Bonchev–Trinajstić information content (AvgIpc) is 2.57. The van der Waals surface area contributed by atoms with Gasteiger partial charge in [0, 0.05) is 24.0 Å². The van der Waals surface area contributed by atoms with Gasteiger partial charge in [0.05, 0.1) is 19.6 Å². The molecule has 0 saturated carbocycles. The van der Waals surface area contributed by atoms with Crippen molar-refractivity contribution in [1.82, 2.24) is 0 Å². The molecule has 2 aromatic rings. The van der Waals surface area contributed by atoms with Crippen LogP contribution in [0.4, 0.5) is 15.8 Å². The summed E-state index contributed by atoms with van der Waals surface area (Å²) >= 11 is 5.44. The van der Waals surface area contributed by atoms with E-state index >= 15 is 0 Å². The quantitative estimate of drug-likeness (QED) is 0.842. The fourth-order valence-corrected chi connectivity index (χ4v) is 2.34. The maximum atomic E-state index is 13.1. The van der Waals surface area contributed by atoms with Crippen molar-refractivity contribution in [3.8, 4) is 11.8 Å². The van der Waals surface area contributed by atoms with Crippen LogP contribution >= 0.6 is 12.2 Å². The van der Waals surface area contributed by atoms with E-state index in [9.17, 15) is 4.39 Å². The van der Waals surface area contributed by atoms with Crippen LogP contribution in [0, 0.1) is 17.1 Å². The lowest BCUT2D eigenvalue weighted by atomic mass is 10.2. The second-order valence-electron chi connectivity index (χ2n) is 4.70. The number of methoxy groups -OCH3 is 1. The first-order valence-corrected chi connectivity index (χ1v) is 7.40. The van der Waals surface area contributed by atoms with E-state index in [0.29, 0.717) is 23.8 Å². The topological polar surface area (TPSA) is 48.3 Å². The number of halogens is 1. The summed E-state index contributed by atoms with van der Waals surface area (Å²) < 4.78 is 18.3. The zero-order valence-corrected chi connectivity index (χ0v) is 13.4. The maximum Gasteiger partial charge on any atom is 0.177 e. The largest absolute Gasteiger partial charge is 0.497 e. The van der Waals surface area contributed by atoms with Crippen molar-refractivity contribution < 1.29 is 9.13 Å². The number of nitrogens with zero attached hydrogens (tertiary/aromatic N) is 2. The summed E-state index contributed by atoms with van der Waals surface area (Å²) in [5.74, 6) is 0.392. The van der Waals surface area contributed by atoms with Gasteiger partial charge in [-0.1, -0.05) is 6.07 Å². The van der Waals surface area contributed by atoms with E-state index in [1.165, 1.54) is 12.1 Å². The monoisotopic (exact) mass is 329 g/mol. The van der Waals surface area contributed by atoms with Crippen LogP contribution in [0.2, 0.25) is 0 Å². The van der Waals surface area contributed by atoms with Crippen LogP contribution in [-0.4, -0.2) is 18.8 Å². The van der Waals surface area contributed by atoms with E-state index in [2.05, 4.69) is 11.4 Å². The van der Waals surface area contributed by atoms with Gasteiger partial charge < -0.3 is 15.0 Å². The lowest BCUT2D eigenvalue weighted by molar-refractivity contribution is 0.415. The summed E-state index contributed by atoms with van der Waals surface area (Å²) in [4.78, 5) is 1.76. The molecule has 0 aromatic heterocycles. The average molecular weight is 329 g/mol. The zero-order chi connectivity index (χ0) is 16.7. The summed E-state index contributed by atoms with van der Waals surface area (Å²) in [7, 11) is 1.59. The molecule has 118 valence electrons. The van der Waals surface area contributed by atoms with Crippen molar-refractivity contribution in [3.63, 3.8) is 0 Å². The molecule has 2 rings (SSSR count). The second kappa shape index (κ2) is 8.11. The van der Waals surface area contributed by atoms with Crippen molar-refractivity contribution in [3.05, 3.63) is 54.3 Å². The Bertz CT molecular complexity index is 713. The Hall–Kier alpha value is -2.65. The molecule has 6 heteroatoms. The van der Waals surface area contributed by atoms with Gasteiger partial charge in [-0.15, -0.1) is 0 Å². The molecule has 0 spiro atoms. The lowest BCUT2D eigenvalue weighted by Gasteiger charge is -2.25. The van der Waals surface area contributed by atoms with Gasteiger partial charge in [0.1, 0.15) is 11.6 Å². The van der Waals surface area contributed by atoms with Crippen LogP contribution in [0.3, 0.4) is 0 Å². The molecule has 4 nitrogen and oxygen atoms in total. The predicted molar refractivity (Wildman–Crippen MR) is 93.2 cm³/mol. The van der Waals surface area contributed by atoms with E-state index in [1.54, 1.807) is 24.1 Å². The maximum absolute atomic E-state index is 13.1. The first-order valence-electron chi connectivity index (χ1n) is 6.99. The molecular formula is C17H16FN3OS. The highest BCUT2D eigenvalue weighted by molar-refractivity contribution is 7.80. The molecule has 0 aliphatic heterocycles. The number of rotatable bonds is 5. The smallest absolute Gasteiger partial charge is 0.177 e. The summed E-state index contributed by atoms with van der Waals surface area (Å²) in [6, 6.07) is 15.4. The van der Waals surface area contributed by atoms with Gasteiger partial charge in [0.2, 0.25) is 0 Å². The minimum Gasteiger partial charge on any atom is -0.497 e. The van der Waals surface area contributed by atoms with Gasteiger partial charge in [-0.05, 0) is 48.6 Å². The Morgan fingerprint density at radius 1 is 1.30 bits per heavy atom. The fraction of sp³-hybridized carbons (Fsp3) is 0.176.